The molecule has 0 spiro atoms. The van der Waals surface area contributed by atoms with Gasteiger partial charge in [0.1, 0.15) is 23.2 Å². The number of anilines is 1. The molecule has 0 fully saturated rings. The minimum Gasteiger partial charge on any atom is -0.366 e. The van der Waals surface area contributed by atoms with Crippen LogP contribution in [0.25, 0.3) is 22.5 Å². The molecule has 2 N–H and O–H groups in total. The highest BCUT2D eigenvalue weighted by Gasteiger charge is 2.14. The standard InChI is InChI=1S/C15H11ClFN5/c16-12-7-10(6-11(8-17)19-12)14-13(20-15(18)22-21-14)9-4-2-1-3-5-9/h1-7H,8H2,(H2,18,20,22). The van der Waals surface area contributed by atoms with Crippen molar-refractivity contribution in [1.29, 1.82) is 0 Å². The molecule has 0 aliphatic carbocycles. The number of pyridine rings is 1. The first kappa shape index (κ1) is 14.3. The molecule has 110 valence electrons. The lowest BCUT2D eigenvalue weighted by Crippen LogP contribution is -2.03. The number of alkyl halides is 1. The Morgan fingerprint density at radius 3 is 2.45 bits per heavy atom. The minimum absolute atomic E-state index is 0.0634. The summed E-state index contributed by atoms with van der Waals surface area (Å²) in [4.78, 5) is 8.15. The van der Waals surface area contributed by atoms with Crippen LogP contribution in [0.3, 0.4) is 0 Å². The Morgan fingerprint density at radius 2 is 1.73 bits per heavy atom. The average molecular weight is 316 g/mol. The molecule has 2 heterocycles. The number of hydrogen-bond donors (Lipinski definition) is 1. The Bertz CT molecular complexity index is 810. The van der Waals surface area contributed by atoms with Crippen LogP contribution >= 0.6 is 11.6 Å². The van der Waals surface area contributed by atoms with Crippen molar-refractivity contribution >= 4 is 17.5 Å². The number of aromatic nitrogens is 4. The van der Waals surface area contributed by atoms with Crippen LogP contribution in [0.4, 0.5) is 10.3 Å². The molecular formula is C15H11ClFN5. The second-order valence-electron chi connectivity index (χ2n) is 4.54. The number of nitrogens with two attached hydrogens (primary N) is 1. The molecule has 1 aromatic carbocycles. The average Bonchev–Trinajstić information content (AvgIpc) is 2.55. The van der Waals surface area contributed by atoms with Gasteiger partial charge in [-0.1, -0.05) is 41.9 Å². The number of nitrogen functional groups attached to an aromatic ring is 1. The smallest absolute Gasteiger partial charge is 0.240 e. The normalized spacial score (nSPS) is 10.6. The van der Waals surface area contributed by atoms with Gasteiger partial charge in [-0.25, -0.2) is 14.4 Å². The Kier molecular flexibility index (Phi) is 3.93. The van der Waals surface area contributed by atoms with Crippen LogP contribution in [-0.2, 0) is 6.67 Å². The number of hydrogen-bond acceptors (Lipinski definition) is 5. The monoisotopic (exact) mass is 315 g/mol. The molecular weight excluding hydrogens is 305 g/mol. The molecule has 3 aromatic rings. The fourth-order valence-corrected chi connectivity index (χ4v) is 2.31. The van der Waals surface area contributed by atoms with Gasteiger partial charge in [0.2, 0.25) is 5.95 Å². The van der Waals surface area contributed by atoms with Crippen molar-refractivity contribution in [2.75, 3.05) is 5.73 Å². The van der Waals surface area contributed by atoms with Gasteiger partial charge in [-0.15, -0.1) is 10.2 Å². The summed E-state index contributed by atoms with van der Waals surface area (Å²) >= 11 is 5.94. The lowest BCUT2D eigenvalue weighted by molar-refractivity contribution is 0.476. The largest absolute Gasteiger partial charge is 0.366 e. The summed E-state index contributed by atoms with van der Waals surface area (Å²) in [5.74, 6) is 0.0634. The van der Waals surface area contributed by atoms with Gasteiger partial charge in [-0.3, -0.25) is 0 Å². The van der Waals surface area contributed by atoms with E-state index in [9.17, 15) is 4.39 Å². The van der Waals surface area contributed by atoms with E-state index in [0.717, 1.165) is 5.56 Å². The second-order valence-corrected chi connectivity index (χ2v) is 4.92. The zero-order valence-corrected chi connectivity index (χ0v) is 12.1. The highest BCUT2D eigenvalue weighted by molar-refractivity contribution is 6.29. The summed E-state index contributed by atoms with van der Waals surface area (Å²) in [7, 11) is 0. The first-order valence-corrected chi connectivity index (χ1v) is 6.83. The summed E-state index contributed by atoms with van der Waals surface area (Å²) in [6.45, 7) is -0.718. The summed E-state index contributed by atoms with van der Waals surface area (Å²) in [6, 6.07) is 12.6. The van der Waals surface area contributed by atoms with Gasteiger partial charge in [-0.2, -0.15) is 0 Å². The molecule has 7 heteroatoms. The van der Waals surface area contributed by atoms with E-state index in [-0.39, 0.29) is 16.8 Å². The molecule has 0 aliphatic heterocycles. The van der Waals surface area contributed by atoms with Crippen molar-refractivity contribution < 1.29 is 4.39 Å². The summed E-state index contributed by atoms with van der Waals surface area (Å²) in [6.07, 6.45) is 0. The van der Waals surface area contributed by atoms with E-state index in [1.807, 2.05) is 30.3 Å². The van der Waals surface area contributed by atoms with Crippen LogP contribution in [0.1, 0.15) is 5.69 Å². The number of rotatable bonds is 3. The van der Waals surface area contributed by atoms with E-state index in [1.165, 1.54) is 0 Å². The van der Waals surface area contributed by atoms with Crippen molar-refractivity contribution in [3.05, 3.63) is 53.3 Å². The quantitative estimate of drug-likeness (QED) is 0.750. The van der Waals surface area contributed by atoms with Crippen LogP contribution in [0.2, 0.25) is 5.15 Å². The SMILES string of the molecule is Nc1nnc(-c2cc(Cl)nc(CF)c2)c(-c2ccccc2)n1. The van der Waals surface area contributed by atoms with Crippen molar-refractivity contribution in [1.82, 2.24) is 20.2 Å². The van der Waals surface area contributed by atoms with E-state index < -0.39 is 6.67 Å². The fourth-order valence-electron chi connectivity index (χ4n) is 2.09. The molecule has 0 atom stereocenters. The van der Waals surface area contributed by atoms with Crippen molar-refractivity contribution in [2.45, 2.75) is 6.67 Å². The first-order valence-electron chi connectivity index (χ1n) is 6.46. The van der Waals surface area contributed by atoms with Crippen molar-refractivity contribution in [3.8, 4) is 22.5 Å². The predicted molar refractivity (Wildman–Crippen MR) is 82.7 cm³/mol. The maximum absolute atomic E-state index is 12.9. The first-order chi connectivity index (χ1) is 10.7. The number of halogens is 2. The molecule has 0 radical (unpaired) electrons. The summed E-state index contributed by atoms with van der Waals surface area (Å²) in [5, 5.41) is 8.06. The Balaban J connectivity index is 2.21. The molecule has 3 rings (SSSR count). The molecule has 0 saturated carbocycles. The zero-order chi connectivity index (χ0) is 15.5. The van der Waals surface area contributed by atoms with Gasteiger partial charge in [-0.05, 0) is 12.1 Å². The lowest BCUT2D eigenvalue weighted by Gasteiger charge is -2.09. The lowest BCUT2D eigenvalue weighted by atomic mass is 10.0. The predicted octanol–water partition coefficient (Wildman–Crippen LogP) is 3.31. The summed E-state index contributed by atoms with van der Waals surface area (Å²) in [5.41, 5.74) is 8.31. The third kappa shape index (κ3) is 2.87. The third-order valence-corrected chi connectivity index (χ3v) is 3.20. The summed E-state index contributed by atoms with van der Waals surface area (Å²) < 4.78 is 12.9. The maximum Gasteiger partial charge on any atom is 0.240 e. The van der Waals surface area contributed by atoms with Gasteiger partial charge in [0.25, 0.3) is 0 Å². The van der Waals surface area contributed by atoms with Crippen LogP contribution < -0.4 is 5.73 Å². The van der Waals surface area contributed by atoms with Crippen LogP contribution in [0, 0.1) is 0 Å². The molecule has 22 heavy (non-hydrogen) atoms. The van der Waals surface area contributed by atoms with Gasteiger partial charge < -0.3 is 5.73 Å². The van der Waals surface area contributed by atoms with E-state index in [4.69, 9.17) is 17.3 Å². The molecule has 0 aliphatic rings. The van der Waals surface area contributed by atoms with E-state index >= 15 is 0 Å². The second kappa shape index (κ2) is 6.03. The molecule has 5 nitrogen and oxygen atoms in total. The van der Waals surface area contributed by atoms with Crippen LogP contribution in [0.5, 0.6) is 0 Å². The highest BCUT2D eigenvalue weighted by atomic mass is 35.5. The third-order valence-electron chi connectivity index (χ3n) is 3.01. The maximum atomic E-state index is 12.9. The number of benzene rings is 1. The minimum atomic E-state index is -0.718. The van der Waals surface area contributed by atoms with Crippen molar-refractivity contribution in [2.24, 2.45) is 0 Å². The van der Waals surface area contributed by atoms with E-state index in [1.54, 1.807) is 12.1 Å². The van der Waals surface area contributed by atoms with E-state index in [0.29, 0.717) is 17.0 Å². The molecule has 0 bridgehead atoms. The van der Waals surface area contributed by atoms with E-state index in [2.05, 4.69) is 20.2 Å². The van der Waals surface area contributed by atoms with Crippen molar-refractivity contribution in [3.63, 3.8) is 0 Å². The molecule has 0 unspecified atom stereocenters. The molecule has 2 aromatic heterocycles. The number of nitrogens with zero attached hydrogens (tertiary/aromatic N) is 4. The van der Waals surface area contributed by atoms with Crippen LogP contribution in [0.15, 0.2) is 42.5 Å². The zero-order valence-electron chi connectivity index (χ0n) is 11.4. The fraction of sp³-hybridized carbons (Fsp3) is 0.0667. The van der Waals surface area contributed by atoms with Gasteiger partial charge in [0, 0.05) is 11.1 Å². The van der Waals surface area contributed by atoms with Gasteiger partial charge in [0.05, 0.1) is 5.69 Å². The molecule has 0 saturated heterocycles. The Morgan fingerprint density at radius 1 is 0.955 bits per heavy atom. The topological polar surface area (TPSA) is 77.6 Å². The van der Waals surface area contributed by atoms with Gasteiger partial charge in [0.15, 0.2) is 0 Å². The molecule has 0 amide bonds. The highest BCUT2D eigenvalue weighted by Crippen LogP contribution is 2.30. The Labute approximate surface area is 131 Å². The van der Waals surface area contributed by atoms with Crippen LogP contribution in [-0.4, -0.2) is 20.2 Å². The Hall–Kier alpha value is -2.60. The van der Waals surface area contributed by atoms with Gasteiger partial charge >= 0.3 is 0 Å².